The lowest BCUT2D eigenvalue weighted by atomic mass is 10.1. The summed E-state index contributed by atoms with van der Waals surface area (Å²) in [5.41, 5.74) is 2.20. The third-order valence-electron chi connectivity index (χ3n) is 3.25. The standard InChI is InChI=1S/C18H21NO3S/c1-21-12-15-5-3-14(4-6-15)11-19-18(20)13-23-17-9-7-16(22-2)8-10-17/h3-10H,11-13H2,1-2H3,(H,19,20). The largest absolute Gasteiger partial charge is 0.497 e. The van der Waals surface area contributed by atoms with Crippen LogP contribution in [0, 0.1) is 0 Å². The van der Waals surface area contributed by atoms with Crippen molar-refractivity contribution < 1.29 is 14.3 Å². The summed E-state index contributed by atoms with van der Waals surface area (Å²) in [5.74, 6) is 1.23. The number of thioether (sulfide) groups is 1. The lowest BCUT2D eigenvalue weighted by Crippen LogP contribution is -2.24. The monoisotopic (exact) mass is 331 g/mol. The van der Waals surface area contributed by atoms with E-state index < -0.39 is 0 Å². The molecular formula is C18H21NO3S. The van der Waals surface area contributed by atoms with Gasteiger partial charge in [0.05, 0.1) is 19.5 Å². The minimum absolute atomic E-state index is 0.0202. The second-order valence-electron chi connectivity index (χ2n) is 4.99. The van der Waals surface area contributed by atoms with Gasteiger partial charge in [-0.15, -0.1) is 11.8 Å². The van der Waals surface area contributed by atoms with Crippen LogP contribution in [-0.4, -0.2) is 25.9 Å². The number of benzene rings is 2. The molecule has 0 fully saturated rings. The number of carbonyl (C=O) groups is 1. The molecule has 4 nitrogen and oxygen atoms in total. The van der Waals surface area contributed by atoms with Gasteiger partial charge in [0.15, 0.2) is 0 Å². The molecule has 122 valence electrons. The first-order chi connectivity index (χ1) is 11.2. The Labute approximate surface area is 141 Å². The molecule has 0 unspecified atom stereocenters. The van der Waals surface area contributed by atoms with Gasteiger partial charge in [0.1, 0.15) is 5.75 Å². The SMILES string of the molecule is COCc1ccc(CNC(=O)CSc2ccc(OC)cc2)cc1. The van der Waals surface area contributed by atoms with E-state index in [1.54, 1.807) is 14.2 Å². The third-order valence-corrected chi connectivity index (χ3v) is 4.27. The van der Waals surface area contributed by atoms with Gasteiger partial charge < -0.3 is 14.8 Å². The normalized spacial score (nSPS) is 10.3. The van der Waals surface area contributed by atoms with Crippen LogP contribution in [-0.2, 0) is 22.7 Å². The van der Waals surface area contributed by atoms with E-state index in [1.807, 2.05) is 48.5 Å². The summed E-state index contributed by atoms with van der Waals surface area (Å²) in [7, 11) is 3.31. The zero-order chi connectivity index (χ0) is 16.5. The molecule has 1 N–H and O–H groups in total. The maximum Gasteiger partial charge on any atom is 0.230 e. The van der Waals surface area contributed by atoms with Gasteiger partial charge >= 0.3 is 0 Å². The molecule has 0 atom stereocenters. The molecule has 0 spiro atoms. The van der Waals surface area contributed by atoms with E-state index >= 15 is 0 Å². The molecule has 0 aliphatic rings. The van der Waals surface area contributed by atoms with E-state index in [-0.39, 0.29) is 5.91 Å². The van der Waals surface area contributed by atoms with Crippen LogP contribution in [0.3, 0.4) is 0 Å². The van der Waals surface area contributed by atoms with Crippen molar-refractivity contribution in [1.29, 1.82) is 0 Å². The average molecular weight is 331 g/mol. The van der Waals surface area contributed by atoms with Crippen LogP contribution in [0.5, 0.6) is 5.75 Å². The highest BCUT2D eigenvalue weighted by Gasteiger charge is 2.03. The smallest absolute Gasteiger partial charge is 0.230 e. The van der Waals surface area contributed by atoms with E-state index in [1.165, 1.54) is 11.8 Å². The van der Waals surface area contributed by atoms with Crippen molar-refractivity contribution in [1.82, 2.24) is 5.32 Å². The number of nitrogens with one attached hydrogen (secondary N) is 1. The Kier molecular flexibility index (Phi) is 6.97. The van der Waals surface area contributed by atoms with Crippen LogP contribution in [0.1, 0.15) is 11.1 Å². The fourth-order valence-electron chi connectivity index (χ4n) is 1.99. The molecule has 0 bridgehead atoms. The zero-order valence-electron chi connectivity index (χ0n) is 13.4. The molecule has 0 aromatic heterocycles. The molecule has 0 aliphatic heterocycles. The van der Waals surface area contributed by atoms with Crippen molar-refractivity contribution >= 4 is 17.7 Å². The second-order valence-corrected chi connectivity index (χ2v) is 6.04. The highest BCUT2D eigenvalue weighted by atomic mass is 32.2. The summed E-state index contributed by atoms with van der Waals surface area (Å²) in [5, 5.41) is 2.93. The highest BCUT2D eigenvalue weighted by Crippen LogP contribution is 2.20. The fourth-order valence-corrected chi connectivity index (χ4v) is 2.72. The van der Waals surface area contributed by atoms with Gasteiger partial charge in [-0.1, -0.05) is 24.3 Å². The lowest BCUT2D eigenvalue weighted by molar-refractivity contribution is -0.118. The van der Waals surface area contributed by atoms with Crippen molar-refractivity contribution in [2.24, 2.45) is 0 Å². The third kappa shape index (κ3) is 5.96. The fraction of sp³-hybridized carbons (Fsp3) is 0.278. The van der Waals surface area contributed by atoms with Gasteiger partial charge in [0.25, 0.3) is 0 Å². The van der Waals surface area contributed by atoms with Crippen LogP contribution < -0.4 is 10.1 Å². The quantitative estimate of drug-likeness (QED) is 0.754. The van der Waals surface area contributed by atoms with E-state index in [2.05, 4.69) is 5.32 Å². The molecule has 5 heteroatoms. The summed E-state index contributed by atoms with van der Waals surface area (Å²) in [6.45, 7) is 1.14. The first kappa shape index (κ1) is 17.4. The number of carbonyl (C=O) groups excluding carboxylic acids is 1. The highest BCUT2D eigenvalue weighted by molar-refractivity contribution is 8.00. The predicted molar refractivity (Wildman–Crippen MR) is 92.7 cm³/mol. The molecular weight excluding hydrogens is 310 g/mol. The topological polar surface area (TPSA) is 47.6 Å². The number of methoxy groups -OCH3 is 2. The molecule has 0 heterocycles. The summed E-state index contributed by atoms with van der Waals surface area (Å²) in [6.07, 6.45) is 0. The van der Waals surface area contributed by atoms with Crippen LogP contribution in [0.25, 0.3) is 0 Å². The zero-order valence-corrected chi connectivity index (χ0v) is 14.2. The summed E-state index contributed by atoms with van der Waals surface area (Å²) >= 11 is 1.51. The van der Waals surface area contributed by atoms with Crippen LogP contribution in [0.4, 0.5) is 0 Å². The number of hydrogen-bond acceptors (Lipinski definition) is 4. The number of hydrogen-bond donors (Lipinski definition) is 1. The molecule has 1 amide bonds. The molecule has 2 aromatic carbocycles. The van der Waals surface area contributed by atoms with Gasteiger partial charge in [-0.3, -0.25) is 4.79 Å². The van der Waals surface area contributed by atoms with Gasteiger partial charge in [0.2, 0.25) is 5.91 Å². The lowest BCUT2D eigenvalue weighted by Gasteiger charge is -2.07. The predicted octanol–water partition coefficient (Wildman–Crippen LogP) is 3.25. The van der Waals surface area contributed by atoms with E-state index in [0.29, 0.717) is 18.9 Å². The van der Waals surface area contributed by atoms with Gasteiger partial charge in [-0.2, -0.15) is 0 Å². The first-order valence-electron chi connectivity index (χ1n) is 7.31. The minimum atomic E-state index is 0.0202. The average Bonchev–Trinajstić information content (AvgIpc) is 2.60. The minimum Gasteiger partial charge on any atom is -0.497 e. The van der Waals surface area contributed by atoms with Crippen molar-refractivity contribution in [3.63, 3.8) is 0 Å². The van der Waals surface area contributed by atoms with Crippen LogP contribution in [0.15, 0.2) is 53.4 Å². The summed E-state index contributed by atoms with van der Waals surface area (Å²) < 4.78 is 10.2. The molecule has 0 aliphatic carbocycles. The maximum absolute atomic E-state index is 11.9. The second kappa shape index (κ2) is 9.22. The van der Waals surface area contributed by atoms with Crippen molar-refractivity contribution in [2.75, 3.05) is 20.0 Å². The van der Waals surface area contributed by atoms with Crippen molar-refractivity contribution in [2.45, 2.75) is 18.0 Å². The first-order valence-corrected chi connectivity index (χ1v) is 8.30. The molecule has 0 saturated heterocycles. The molecule has 0 radical (unpaired) electrons. The van der Waals surface area contributed by atoms with Crippen LogP contribution >= 0.6 is 11.8 Å². The Morgan fingerprint density at radius 2 is 1.65 bits per heavy atom. The Morgan fingerprint density at radius 3 is 2.26 bits per heavy atom. The van der Waals surface area contributed by atoms with Gasteiger partial charge in [-0.05, 0) is 35.4 Å². The number of amides is 1. The van der Waals surface area contributed by atoms with Crippen molar-refractivity contribution in [3.8, 4) is 5.75 Å². The van der Waals surface area contributed by atoms with Crippen molar-refractivity contribution in [3.05, 3.63) is 59.7 Å². The van der Waals surface area contributed by atoms with E-state index in [9.17, 15) is 4.79 Å². The van der Waals surface area contributed by atoms with E-state index in [4.69, 9.17) is 9.47 Å². The van der Waals surface area contributed by atoms with Gasteiger partial charge in [-0.25, -0.2) is 0 Å². The number of ether oxygens (including phenoxy) is 2. The summed E-state index contributed by atoms with van der Waals surface area (Å²) in [6, 6.07) is 15.7. The Balaban J connectivity index is 1.73. The maximum atomic E-state index is 11.9. The Morgan fingerprint density at radius 1 is 1.00 bits per heavy atom. The van der Waals surface area contributed by atoms with E-state index in [0.717, 1.165) is 21.8 Å². The number of rotatable bonds is 8. The molecule has 2 aromatic rings. The molecule has 0 saturated carbocycles. The van der Waals surface area contributed by atoms with Gasteiger partial charge in [0, 0.05) is 18.6 Å². The Bertz CT molecular complexity index is 611. The molecule has 23 heavy (non-hydrogen) atoms. The van der Waals surface area contributed by atoms with Crippen LogP contribution in [0.2, 0.25) is 0 Å². The summed E-state index contributed by atoms with van der Waals surface area (Å²) in [4.78, 5) is 13.0. The Hall–Kier alpha value is -1.98. The molecule has 2 rings (SSSR count).